The fourth-order valence-electron chi connectivity index (χ4n) is 1.37. The van der Waals surface area contributed by atoms with Gasteiger partial charge in [0.25, 0.3) is 0 Å². The fraction of sp³-hybridized carbons (Fsp3) is 0.545. The van der Waals surface area contributed by atoms with Crippen molar-refractivity contribution in [3.05, 3.63) is 18.0 Å². The first-order chi connectivity index (χ1) is 8.17. The van der Waals surface area contributed by atoms with Crippen LogP contribution in [0.25, 0.3) is 0 Å². The summed E-state index contributed by atoms with van der Waals surface area (Å²) >= 11 is 0. The van der Waals surface area contributed by atoms with E-state index in [0.29, 0.717) is 12.3 Å². The number of ether oxygens (including phenoxy) is 1. The summed E-state index contributed by atoms with van der Waals surface area (Å²) in [6.45, 7) is 7.57. The Hall–Kier alpha value is -1.69. The van der Waals surface area contributed by atoms with Crippen molar-refractivity contribution in [3.8, 4) is 6.01 Å². The molecule has 0 saturated heterocycles. The standard InChI is InChI=1S/C11H19N5O/c1-3-16(4-2)7-8-17-11-14-6-5-9(15-11)10(12)13/h5-6H,3-4,7-8H2,1-2H3,(H3,12,13). The quantitative estimate of drug-likeness (QED) is 0.532. The monoisotopic (exact) mass is 237 g/mol. The van der Waals surface area contributed by atoms with Gasteiger partial charge in [-0.25, -0.2) is 4.98 Å². The van der Waals surface area contributed by atoms with Crippen LogP contribution in [0.2, 0.25) is 0 Å². The van der Waals surface area contributed by atoms with Gasteiger partial charge >= 0.3 is 6.01 Å². The van der Waals surface area contributed by atoms with Gasteiger partial charge in [0.05, 0.1) is 0 Å². The van der Waals surface area contributed by atoms with E-state index >= 15 is 0 Å². The van der Waals surface area contributed by atoms with Crippen LogP contribution in [0.3, 0.4) is 0 Å². The molecule has 6 nitrogen and oxygen atoms in total. The number of nitrogens with zero attached hydrogens (tertiary/aromatic N) is 3. The number of nitrogen functional groups attached to an aromatic ring is 1. The van der Waals surface area contributed by atoms with Crippen LogP contribution in [-0.4, -0.2) is 46.9 Å². The average molecular weight is 237 g/mol. The maximum absolute atomic E-state index is 7.26. The summed E-state index contributed by atoms with van der Waals surface area (Å²) in [7, 11) is 0. The van der Waals surface area contributed by atoms with Crippen LogP contribution >= 0.6 is 0 Å². The van der Waals surface area contributed by atoms with Gasteiger partial charge in [-0.1, -0.05) is 13.8 Å². The van der Waals surface area contributed by atoms with Gasteiger partial charge in [0.2, 0.25) is 0 Å². The highest BCUT2D eigenvalue weighted by molar-refractivity contribution is 5.92. The SMILES string of the molecule is CCN(CC)CCOc1nccc(C(=N)N)n1. The van der Waals surface area contributed by atoms with Crippen LogP contribution in [0.15, 0.2) is 12.3 Å². The highest BCUT2D eigenvalue weighted by Crippen LogP contribution is 2.02. The third-order valence-electron chi connectivity index (χ3n) is 2.44. The molecule has 1 rings (SSSR count). The van der Waals surface area contributed by atoms with E-state index < -0.39 is 0 Å². The summed E-state index contributed by atoms with van der Waals surface area (Å²) in [5.41, 5.74) is 5.72. The topological polar surface area (TPSA) is 88.1 Å². The summed E-state index contributed by atoms with van der Waals surface area (Å²) < 4.78 is 5.41. The maximum Gasteiger partial charge on any atom is 0.317 e. The second-order valence-corrected chi connectivity index (χ2v) is 3.51. The molecule has 1 heterocycles. The van der Waals surface area contributed by atoms with E-state index in [1.165, 1.54) is 6.20 Å². The number of hydrogen-bond donors (Lipinski definition) is 2. The van der Waals surface area contributed by atoms with Crippen LogP contribution in [-0.2, 0) is 0 Å². The molecule has 0 aliphatic heterocycles. The van der Waals surface area contributed by atoms with E-state index in [-0.39, 0.29) is 11.8 Å². The van der Waals surface area contributed by atoms with Crippen molar-refractivity contribution in [2.24, 2.45) is 5.73 Å². The molecule has 0 aliphatic carbocycles. The zero-order valence-electron chi connectivity index (χ0n) is 10.3. The third-order valence-corrected chi connectivity index (χ3v) is 2.44. The van der Waals surface area contributed by atoms with Gasteiger partial charge in [-0.05, 0) is 19.2 Å². The summed E-state index contributed by atoms with van der Waals surface area (Å²) in [5.74, 6) is -0.0824. The Kier molecular flexibility index (Phi) is 5.35. The molecular formula is C11H19N5O. The molecule has 1 aromatic heterocycles. The Labute approximate surface area is 101 Å². The van der Waals surface area contributed by atoms with Crippen molar-refractivity contribution in [2.75, 3.05) is 26.2 Å². The minimum Gasteiger partial charge on any atom is -0.462 e. The largest absolute Gasteiger partial charge is 0.462 e. The van der Waals surface area contributed by atoms with E-state index in [4.69, 9.17) is 15.9 Å². The van der Waals surface area contributed by atoms with Gasteiger partial charge in [0.1, 0.15) is 18.1 Å². The Bertz CT molecular complexity index is 365. The lowest BCUT2D eigenvalue weighted by atomic mass is 10.4. The van der Waals surface area contributed by atoms with E-state index in [1.807, 2.05) is 0 Å². The minimum absolute atomic E-state index is 0.0824. The van der Waals surface area contributed by atoms with Crippen molar-refractivity contribution in [2.45, 2.75) is 13.8 Å². The molecule has 17 heavy (non-hydrogen) atoms. The maximum atomic E-state index is 7.26. The lowest BCUT2D eigenvalue weighted by molar-refractivity contribution is 0.212. The summed E-state index contributed by atoms with van der Waals surface area (Å²) in [6, 6.07) is 1.85. The zero-order valence-corrected chi connectivity index (χ0v) is 10.3. The highest BCUT2D eigenvalue weighted by atomic mass is 16.5. The molecule has 3 N–H and O–H groups in total. The Morgan fingerprint density at radius 3 is 2.76 bits per heavy atom. The molecule has 0 radical (unpaired) electrons. The predicted molar refractivity (Wildman–Crippen MR) is 66.3 cm³/mol. The van der Waals surface area contributed by atoms with E-state index in [2.05, 4.69) is 28.7 Å². The number of nitrogens with two attached hydrogens (primary N) is 1. The molecule has 1 aromatic rings. The molecule has 0 bridgehead atoms. The molecule has 0 aliphatic rings. The van der Waals surface area contributed by atoms with Gasteiger partial charge in [0, 0.05) is 12.7 Å². The second kappa shape index (κ2) is 6.80. The van der Waals surface area contributed by atoms with Crippen molar-refractivity contribution in [3.63, 3.8) is 0 Å². The highest BCUT2D eigenvalue weighted by Gasteiger charge is 2.04. The van der Waals surface area contributed by atoms with Crippen molar-refractivity contribution in [1.82, 2.24) is 14.9 Å². The smallest absolute Gasteiger partial charge is 0.317 e. The van der Waals surface area contributed by atoms with Gasteiger partial charge in [-0.15, -0.1) is 0 Å². The molecule has 0 spiro atoms. The normalized spacial score (nSPS) is 10.5. The lowest BCUT2D eigenvalue weighted by Crippen LogP contribution is -2.28. The predicted octanol–water partition coefficient (Wildman–Crippen LogP) is 0.481. The Morgan fingerprint density at radius 1 is 1.47 bits per heavy atom. The number of nitrogens with one attached hydrogen (secondary N) is 1. The Balaban J connectivity index is 2.46. The number of rotatable bonds is 7. The van der Waals surface area contributed by atoms with Gasteiger partial charge in [-0.2, -0.15) is 4.98 Å². The molecule has 6 heteroatoms. The molecule has 0 aromatic carbocycles. The van der Waals surface area contributed by atoms with Crippen molar-refractivity contribution in [1.29, 1.82) is 5.41 Å². The van der Waals surface area contributed by atoms with Gasteiger partial charge < -0.3 is 15.4 Å². The third kappa shape index (κ3) is 4.36. The average Bonchev–Trinajstić information content (AvgIpc) is 2.35. The number of likely N-dealkylation sites (N-methyl/N-ethyl adjacent to an activating group) is 1. The first-order valence-electron chi connectivity index (χ1n) is 5.70. The minimum atomic E-state index is -0.0824. The number of amidine groups is 1. The van der Waals surface area contributed by atoms with Crippen LogP contribution in [0, 0.1) is 5.41 Å². The van der Waals surface area contributed by atoms with Crippen LogP contribution in [0.1, 0.15) is 19.5 Å². The van der Waals surface area contributed by atoms with Crippen LogP contribution in [0.4, 0.5) is 0 Å². The Morgan fingerprint density at radius 2 is 2.18 bits per heavy atom. The molecule has 0 amide bonds. The molecule has 0 atom stereocenters. The van der Waals surface area contributed by atoms with Gasteiger partial charge in [0.15, 0.2) is 0 Å². The summed E-state index contributed by atoms with van der Waals surface area (Å²) in [4.78, 5) is 10.2. The van der Waals surface area contributed by atoms with E-state index in [0.717, 1.165) is 19.6 Å². The van der Waals surface area contributed by atoms with Crippen LogP contribution < -0.4 is 10.5 Å². The molecule has 0 saturated carbocycles. The molecule has 0 unspecified atom stereocenters. The molecule has 0 fully saturated rings. The number of aromatic nitrogens is 2. The van der Waals surface area contributed by atoms with Crippen molar-refractivity contribution < 1.29 is 4.74 Å². The molecular weight excluding hydrogens is 218 g/mol. The summed E-state index contributed by atoms with van der Waals surface area (Å²) in [5, 5.41) is 7.26. The van der Waals surface area contributed by atoms with Gasteiger partial charge in [-0.3, -0.25) is 5.41 Å². The first-order valence-corrected chi connectivity index (χ1v) is 5.70. The summed E-state index contributed by atoms with van der Waals surface area (Å²) in [6.07, 6.45) is 1.54. The fourth-order valence-corrected chi connectivity index (χ4v) is 1.37. The lowest BCUT2D eigenvalue weighted by Gasteiger charge is -2.17. The molecule has 94 valence electrons. The van der Waals surface area contributed by atoms with E-state index in [1.54, 1.807) is 6.07 Å². The first kappa shape index (κ1) is 13.4. The van der Waals surface area contributed by atoms with E-state index in [9.17, 15) is 0 Å². The second-order valence-electron chi connectivity index (χ2n) is 3.51. The van der Waals surface area contributed by atoms with Crippen molar-refractivity contribution >= 4 is 5.84 Å². The zero-order chi connectivity index (χ0) is 12.7. The number of hydrogen-bond acceptors (Lipinski definition) is 5. The van der Waals surface area contributed by atoms with Crippen LogP contribution in [0.5, 0.6) is 6.01 Å².